The second-order valence-electron chi connectivity index (χ2n) is 3.15. The molecule has 6 heteroatoms. The van der Waals surface area contributed by atoms with E-state index in [0.29, 0.717) is 23.3 Å². The van der Waals surface area contributed by atoms with Crippen molar-refractivity contribution in [2.45, 2.75) is 6.92 Å². The molecule has 0 saturated heterocycles. The molecule has 1 atom stereocenters. The number of hydrogen-bond donors (Lipinski definition) is 2. The Morgan fingerprint density at radius 2 is 2.40 bits per heavy atom. The van der Waals surface area contributed by atoms with Gasteiger partial charge in [-0.15, -0.1) is 12.4 Å². The van der Waals surface area contributed by atoms with Crippen LogP contribution in [0, 0.1) is 5.92 Å². The third-order valence-corrected chi connectivity index (χ3v) is 2.46. The van der Waals surface area contributed by atoms with Crippen LogP contribution in [-0.2, 0) is 0 Å². The van der Waals surface area contributed by atoms with E-state index in [2.05, 4.69) is 21.2 Å². The predicted molar refractivity (Wildman–Crippen MR) is 64.2 cm³/mol. The molecule has 0 aromatic carbocycles. The molecule has 0 saturated carbocycles. The van der Waals surface area contributed by atoms with Crippen molar-refractivity contribution in [1.82, 2.24) is 5.32 Å². The van der Waals surface area contributed by atoms with E-state index in [1.807, 2.05) is 6.92 Å². The van der Waals surface area contributed by atoms with Crippen molar-refractivity contribution < 1.29 is 9.21 Å². The molecule has 1 amide bonds. The Kier molecular flexibility index (Phi) is 6.63. The van der Waals surface area contributed by atoms with E-state index in [4.69, 9.17) is 10.2 Å². The standard InChI is InChI=1S/C9H13BrN2O2.ClH/c1-6(4-11)5-12-9(13)8-7(10)2-3-14-8;/h2-3,6H,4-5,11H2,1H3,(H,12,13);1H. The number of rotatable bonds is 4. The summed E-state index contributed by atoms with van der Waals surface area (Å²) < 4.78 is 5.66. The minimum Gasteiger partial charge on any atom is -0.458 e. The first-order valence-corrected chi connectivity index (χ1v) is 5.15. The van der Waals surface area contributed by atoms with Crippen LogP contribution >= 0.6 is 28.3 Å². The van der Waals surface area contributed by atoms with Crippen LogP contribution in [0.15, 0.2) is 21.2 Å². The Bertz CT molecular complexity index is 317. The number of furan rings is 1. The fourth-order valence-electron chi connectivity index (χ4n) is 0.886. The van der Waals surface area contributed by atoms with Gasteiger partial charge in [-0.2, -0.15) is 0 Å². The molecule has 0 spiro atoms. The average molecular weight is 298 g/mol. The highest BCUT2D eigenvalue weighted by atomic mass is 79.9. The number of nitrogens with one attached hydrogen (secondary N) is 1. The lowest BCUT2D eigenvalue weighted by molar-refractivity contribution is 0.0919. The molecule has 1 heterocycles. The molecule has 0 aliphatic carbocycles. The molecule has 0 aliphatic heterocycles. The van der Waals surface area contributed by atoms with Gasteiger partial charge in [-0.05, 0) is 34.5 Å². The number of nitrogens with two attached hydrogens (primary N) is 1. The summed E-state index contributed by atoms with van der Waals surface area (Å²) in [5.41, 5.74) is 5.42. The van der Waals surface area contributed by atoms with Crippen LogP contribution in [0.4, 0.5) is 0 Å². The largest absolute Gasteiger partial charge is 0.458 e. The number of halogens is 2. The summed E-state index contributed by atoms with van der Waals surface area (Å²) in [5.74, 6) is 0.351. The highest BCUT2D eigenvalue weighted by Gasteiger charge is 2.13. The van der Waals surface area contributed by atoms with Crippen LogP contribution in [0.25, 0.3) is 0 Å². The Labute approximate surface area is 103 Å². The summed E-state index contributed by atoms with van der Waals surface area (Å²) in [6.45, 7) is 3.08. The molecule has 1 rings (SSSR count). The van der Waals surface area contributed by atoms with Gasteiger partial charge in [-0.25, -0.2) is 0 Å². The summed E-state index contributed by atoms with van der Waals surface area (Å²) in [6, 6.07) is 1.68. The molecule has 0 fully saturated rings. The smallest absolute Gasteiger partial charge is 0.288 e. The molecule has 0 aliphatic rings. The first-order valence-electron chi connectivity index (χ1n) is 4.36. The van der Waals surface area contributed by atoms with Crippen molar-refractivity contribution >= 4 is 34.2 Å². The third-order valence-electron chi connectivity index (χ3n) is 1.84. The van der Waals surface area contributed by atoms with Gasteiger partial charge < -0.3 is 15.5 Å². The molecular weight excluding hydrogens is 283 g/mol. The second-order valence-corrected chi connectivity index (χ2v) is 4.00. The SMILES string of the molecule is CC(CN)CNC(=O)c1occc1Br.Cl. The first kappa shape index (κ1) is 14.5. The highest BCUT2D eigenvalue weighted by Crippen LogP contribution is 2.16. The molecule has 15 heavy (non-hydrogen) atoms. The van der Waals surface area contributed by atoms with Crippen molar-refractivity contribution in [2.75, 3.05) is 13.1 Å². The van der Waals surface area contributed by atoms with E-state index in [9.17, 15) is 4.79 Å². The molecule has 3 N–H and O–H groups in total. The van der Waals surface area contributed by atoms with Crippen LogP contribution < -0.4 is 11.1 Å². The van der Waals surface area contributed by atoms with Crippen molar-refractivity contribution in [2.24, 2.45) is 11.7 Å². The maximum atomic E-state index is 11.5. The molecule has 4 nitrogen and oxygen atoms in total. The highest BCUT2D eigenvalue weighted by molar-refractivity contribution is 9.10. The van der Waals surface area contributed by atoms with E-state index in [1.54, 1.807) is 6.07 Å². The first-order chi connectivity index (χ1) is 6.65. The zero-order valence-corrected chi connectivity index (χ0v) is 10.7. The van der Waals surface area contributed by atoms with Crippen LogP contribution in [0.5, 0.6) is 0 Å². The summed E-state index contributed by atoms with van der Waals surface area (Å²) >= 11 is 3.21. The average Bonchev–Trinajstić information content (AvgIpc) is 2.60. The predicted octanol–water partition coefficient (Wildman–Crippen LogP) is 1.79. The van der Waals surface area contributed by atoms with Gasteiger partial charge in [0.15, 0.2) is 0 Å². The van der Waals surface area contributed by atoms with Gasteiger partial charge in [0.2, 0.25) is 5.76 Å². The maximum Gasteiger partial charge on any atom is 0.288 e. The van der Waals surface area contributed by atoms with E-state index >= 15 is 0 Å². The van der Waals surface area contributed by atoms with Gasteiger partial charge in [-0.3, -0.25) is 4.79 Å². The van der Waals surface area contributed by atoms with Gasteiger partial charge in [0, 0.05) is 6.54 Å². The van der Waals surface area contributed by atoms with Gasteiger partial charge in [0.25, 0.3) is 5.91 Å². The van der Waals surface area contributed by atoms with E-state index in [0.717, 1.165) is 0 Å². The van der Waals surface area contributed by atoms with Crippen molar-refractivity contribution in [3.8, 4) is 0 Å². The number of hydrogen-bond acceptors (Lipinski definition) is 3. The summed E-state index contributed by atoms with van der Waals surface area (Å²) in [7, 11) is 0. The Morgan fingerprint density at radius 1 is 1.73 bits per heavy atom. The van der Waals surface area contributed by atoms with Gasteiger partial charge in [0.05, 0.1) is 10.7 Å². The van der Waals surface area contributed by atoms with E-state index in [-0.39, 0.29) is 24.2 Å². The fraction of sp³-hybridized carbons (Fsp3) is 0.444. The molecule has 1 aromatic heterocycles. The van der Waals surface area contributed by atoms with Gasteiger partial charge >= 0.3 is 0 Å². The fourth-order valence-corrected chi connectivity index (χ4v) is 1.27. The van der Waals surface area contributed by atoms with Crippen LogP contribution in [0.3, 0.4) is 0 Å². The van der Waals surface area contributed by atoms with E-state index in [1.165, 1.54) is 6.26 Å². The molecule has 1 aromatic rings. The number of carbonyl (C=O) groups excluding carboxylic acids is 1. The lowest BCUT2D eigenvalue weighted by Crippen LogP contribution is -2.31. The zero-order chi connectivity index (χ0) is 10.6. The zero-order valence-electron chi connectivity index (χ0n) is 8.33. The summed E-state index contributed by atoms with van der Waals surface area (Å²) in [6.07, 6.45) is 1.46. The Balaban J connectivity index is 0.00000196. The number of carbonyl (C=O) groups is 1. The summed E-state index contributed by atoms with van der Waals surface area (Å²) in [5, 5.41) is 2.73. The van der Waals surface area contributed by atoms with Crippen LogP contribution in [0.1, 0.15) is 17.5 Å². The van der Waals surface area contributed by atoms with E-state index < -0.39 is 0 Å². The lowest BCUT2D eigenvalue weighted by atomic mass is 10.2. The maximum absolute atomic E-state index is 11.5. The van der Waals surface area contributed by atoms with Crippen molar-refractivity contribution in [3.63, 3.8) is 0 Å². The monoisotopic (exact) mass is 296 g/mol. The lowest BCUT2D eigenvalue weighted by Gasteiger charge is -2.08. The summed E-state index contributed by atoms with van der Waals surface area (Å²) in [4.78, 5) is 11.5. The topological polar surface area (TPSA) is 68.3 Å². The number of amides is 1. The molecule has 0 radical (unpaired) electrons. The Hall–Kier alpha value is -0.520. The normalized spacial score (nSPS) is 11.7. The molecule has 0 bridgehead atoms. The third kappa shape index (κ3) is 4.24. The molecule has 1 unspecified atom stereocenters. The minimum atomic E-state index is -0.220. The molecule has 86 valence electrons. The van der Waals surface area contributed by atoms with Crippen LogP contribution in [0.2, 0.25) is 0 Å². The quantitative estimate of drug-likeness (QED) is 0.890. The van der Waals surface area contributed by atoms with Crippen molar-refractivity contribution in [1.29, 1.82) is 0 Å². The van der Waals surface area contributed by atoms with Gasteiger partial charge in [0.1, 0.15) is 0 Å². The Morgan fingerprint density at radius 3 is 2.87 bits per heavy atom. The van der Waals surface area contributed by atoms with Gasteiger partial charge in [-0.1, -0.05) is 6.92 Å². The van der Waals surface area contributed by atoms with Crippen molar-refractivity contribution in [3.05, 3.63) is 22.6 Å². The molecular formula is C9H14BrClN2O2. The second kappa shape index (κ2) is 6.87. The minimum absolute atomic E-state index is 0. The van der Waals surface area contributed by atoms with Crippen LogP contribution in [-0.4, -0.2) is 19.0 Å².